The number of cyclic esters (lactones) is 2. The van der Waals surface area contributed by atoms with Crippen LogP contribution in [-0.4, -0.2) is 49.9 Å². The molecule has 1 atom stereocenters. The van der Waals surface area contributed by atoms with Gasteiger partial charge < -0.3 is 28.4 Å². The van der Waals surface area contributed by atoms with Crippen LogP contribution in [0.3, 0.4) is 0 Å². The van der Waals surface area contributed by atoms with Gasteiger partial charge in [-0.15, -0.1) is 0 Å². The van der Waals surface area contributed by atoms with Gasteiger partial charge in [0, 0.05) is 43.5 Å². The van der Waals surface area contributed by atoms with Crippen molar-refractivity contribution in [2.24, 2.45) is 0 Å². The highest BCUT2D eigenvalue weighted by atomic mass is 16.7. The van der Waals surface area contributed by atoms with E-state index in [1.807, 2.05) is 0 Å². The molecule has 1 fully saturated rings. The van der Waals surface area contributed by atoms with Crippen molar-refractivity contribution in [3.8, 4) is 11.5 Å². The van der Waals surface area contributed by atoms with E-state index in [-0.39, 0.29) is 12.0 Å². The monoisotopic (exact) mass is 390 g/mol. The second kappa shape index (κ2) is 6.49. The molecule has 1 unspecified atom stereocenters. The molecule has 0 aliphatic carbocycles. The van der Waals surface area contributed by atoms with E-state index in [0.29, 0.717) is 35.8 Å². The van der Waals surface area contributed by atoms with Crippen LogP contribution in [0, 0.1) is 0 Å². The van der Waals surface area contributed by atoms with Crippen molar-refractivity contribution in [2.45, 2.75) is 44.9 Å². The van der Waals surface area contributed by atoms with E-state index in [1.165, 1.54) is 13.2 Å². The van der Waals surface area contributed by atoms with Crippen LogP contribution < -0.4 is 9.47 Å². The zero-order valence-electron chi connectivity index (χ0n) is 16.2. The van der Waals surface area contributed by atoms with E-state index in [9.17, 15) is 9.59 Å². The zero-order chi connectivity index (χ0) is 20.1. The first-order valence-corrected chi connectivity index (χ1v) is 9.04. The van der Waals surface area contributed by atoms with Crippen LogP contribution in [0.5, 0.6) is 11.5 Å². The summed E-state index contributed by atoms with van der Waals surface area (Å²) in [6.45, 7) is 6.02. The van der Waals surface area contributed by atoms with Gasteiger partial charge in [0.15, 0.2) is 6.29 Å². The number of hydrogen-bond acceptors (Lipinski definition) is 8. The van der Waals surface area contributed by atoms with Crippen LogP contribution in [0.1, 0.15) is 43.1 Å². The molecule has 1 aromatic rings. The molecule has 28 heavy (non-hydrogen) atoms. The minimum absolute atomic E-state index is 0.226. The molecule has 4 rings (SSSR count). The van der Waals surface area contributed by atoms with Gasteiger partial charge >= 0.3 is 11.9 Å². The Morgan fingerprint density at radius 2 is 1.79 bits per heavy atom. The Balaban J connectivity index is 1.82. The average Bonchev–Trinajstić information content (AvgIpc) is 3.19. The first-order chi connectivity index (χ1) is 13.2. The molecule has 3 aliphatic rings. The Morgan fingerprint density at radius 3 is 2.46 bits per heavy atom. The van der Waals surface area contributed by atoms with Gasteiger partial charge in [-0.05, 0) is 13.0 Å². The summed E-state index contributed by atoms with van der Waals surface area (Å²) in [4.78, 5) is 24.9. The highest BCUT2D eigenvalue weighted by Crippen LogP contribution is 2.46. The molecule has 0 bridgehead atoms. The number of ether oxygens (including phenoxy) is 6. The molecule has 0 saturated carbocycles. The average molecular weight is 390 g/mol. The third-order valence-electron chi connectivity index (χ3n) is 4.90. The van der Waals surface area contributed by atoms with E-state index >= 15 is 0 Å². The minimum Gasteiger partial charge on any atom is -0.497 e. The molecule has 1 saturated heterocycles. The standard InChI is InChI=1S/C20H22O8/c1-19(2)26-14-8-11(23-4)7-12(17(14)18(22)28-19)13-9-15(21)27-20(13,3)10-16-24-5-6-25-16/h7-9,16H,5-6,10H2,1-4H3. The van der Waals surface area contributed by atoms with Crippen LogP contribution in [0.2, 0.25) is 0 Å². The van der Waals surface area contributed by atoms with Crippen molar-refractivity contribution in [1.29, 1.82) is 0 Å². The van der Waals surface area contributed by atoms with E-state index in [1.54, 1.807) is 32.9 Å². The van der Waals surface area contributed by atoms with Crippen LogP contribution in [0.15, 0.2) is 18.2 Å². The van der Waals surface area contributed by atoms with Crippen molar-refractivity contribution >= 4 is 17.5 Å². The van der Waals surface area contributed by atoms with Gasteiger partial charge in [0.25, 0.3) is 0 Å². The van der Waals surface area contributed by atoms with E-state index in [2.05, 4.69) is 0 Å². The smallest absolute Gasteiger partial charge is 0.345 e. The summed E-state index contributed by atoms with van der Waals surface area (Å²) in [5, 5.41) is 0. The summed E-state index contributed by atoms with van der Waals surface area (Å²) >= 11 is 0. The van der Waals surface area contributed by atoms with Gasteiger partial charge in [-0.25, -0.2) is 9.59 Å². The van der Waals surface area contributed by atoms with Crippen LogP contribution in [-0.2, 0) is 23.7 Å². The quantitative estimate of drug-likeness (QED) is 0.725. The van der Waals surface area contributed by atoms with Gasteiger partial charge in [-0.3, -0.25) is 0 Å². The number of hydrogen-bond donors (Lipinski definition) is 0. The molecule has 0 radical (unpaired) electrons. The number of carbonyl (C=O) groups is 2. The van der Waals surface area contributed by atoms with Crippen LogP contribution >= 0.6 is 0 Å². The third kappa shape index (κ3) is 3.22. The van der Waals surface area contributed by atoms with Gasteiger partial charge in [-0.2, -0.15) is 0 Å². The maximum Gasteiger partial charge on any atom is 0.345 e. The normalized spacial score (nSPS) is 26.2. The highest BCUT2D eigenvalue weighted by molar-refractivity contribution is 6.05. The summed E-state index contributed by atoms with van der Waals surface area (Å²) in [5.74, 6) is -1.35. The van der Waals surface area contributed by atoms with E-state index in [0.717, 1.165) is 0 Å². The molecule has 8 heteroatoms. The maximum atomic E-state index is 12.8. The molecule has 0 N–H and O–H groups in total. The van der Waals surface area contributed by atoms with Crippen LogP contribution in [0.25, 0.3) is 5.57 Å². The summed E-state index contributed by atoms with van der Waals surface area (Å²) in [7, 11) is 1.52. The number of benzene rings is 1. The number of carbonyl (C=O) groups excluding carboxylic acids is 2. The number of rotatable bonds is 4. The van der Waals surface area contributed by atoms with Gasteiger partial charge in [0.05, 0.1) is 20.3 Å². The highest BCUT2D eigenvalue weighted by Gasteiger charge is 2.46. The molecule has 0 spiro atoms. The molecule has 0 amide bonds. The van der Waals surface area contributed by atoms with Gasteiger partial charge in [0.2, 0.25) is 5.79 Å². The second-order valence-corrected chi connectivity index (χ2v) is 7.52. The number of fused-ring (bicyclic) bond motifs is 1. The second-order valence-electron chi connectivity index (χ2n) is 7.52. The van der Waals surface area contributed by atoms with Crippen molar-refractivity contribution < 1.29 is 38.0 Å². The van der Waals surface area contributed by atoms with Gasteiger partial charge in [0.1, 0.15) is 22.7 Å². The Labute approximate surface area is 162 Å². The molecular weight excluding hydrogens is 368 g/mol. The number of esters is 2. The molecule has 1 aromatic carbocycles. The molecular formula is C20H22O8. The summed E-state index contributed by atoms with van der Waals surface area (Å²) < 4.78 is 33.3. The molecule has 150 valence electrons. The Bertz CT molecular complexity index is 865. The minimum atomic E-state index is -1.11. The maximum absolute atomic E-state index is 12.8. The molecule has 0 aromatic heterocycles. The SMILES string of the molecule is COc1cc2c(c(C3=CC(=O)OC3(C)CC3OCCO3)c1)C(=O)OC(C)(C)O2. The predicted octanol–water partition coefficient (Wildman–Crippen LogP) is 2.44. The number of methoxy groups -OCH3 is 1. The first-order valence-electron chi connectivity index (χ1n) is 9.04. The topological polar surface area (TPSA) is 89.5 Å². The third-order valence-corrected chi connectivity index (χ3v) is 4.90. The lowest BCUT2D eigenvalue weighted by molar-refractivity contribution is -0.150. The molecule has 3 aliphatic heterocycles. The van der Waals surface area contributed by atoms with Crippen molar-refractivity contribution in [1.82, 2.24) is 0 Å². The largest absolute Gasteiger partial charge is 0.497 e. The summed E-state index contributed by atoms with van der Waals surface area (Å²) in [6.07, 6.45) is 1.16. The lowest BCUT2D eigenvalue weighted by atomic mass is 9.84. The lowest BCUT2D eigenvalue weighted by Gasteiger charge is -2.34. The fourth-order valence-corrected chi connectivity index (χ4v) is 3.71. The Kier molecular flexibility index (Phi) is 4.35. The van der Waals surface area contributed by atoms with Crippen LogP contribution in [0.4, 0.5) is 0 Å². The summed E-state index contributed by atoms with van der Waals surface area (Å²) in [5.41, 5.74) is 0.164. The Hall–Kier alpha value is -2.58. The first kappa shape index (κ1) is 18.8. The fourth-order valence-electron chi connectivity index (χ4n) is 3.71. The fraction of sp³-hybridized carbons (Fsp3) is 0.500. The van der Waals surface area contributed by atoms with Crippen molar-refractivity contribution in [3.05, 3.63) is 29.3 Å². The van der Waals surface area contributed by atoms with Gasteiger partial charge in [-0.1, -0.05) is 0 Å². The lowest BCUT2D eigenvalue weighted by Crippen LogP contribution is -2.40. The van der Waals surface area contributed by atoms with E-state index in [4.69, 9.17) is 28.4 Å². The predicted molar refractivity (Wildman–Crippen MR) is 95.9 cm³/mol. The summed E-state index contributed by atoms with van der Waals surface area (Å²) in [6, 6.07) is 3.30. The zero-order valence-corrected chi connectivity index (χ0v) is 16.2. The van der Waals surface area contributed by atoms with Crippen molar-refractivity contribution in [3.63, 3.8) is 0 Å². The Morgan fingerprint density at radius 1 is 1.07 bits per heavy atom. The molecule has 8 nitrogen and oxygen atoms in total. The molecule has 3 heterocycles. The van der Waals surface area contributed by atoms with E-state index < -0.39 is 29.6 Å². The van der Waals surface area contributed by atoms with Crippen molar-refractivity contribution in [2.75, 3.05) is 20.3 Å².